The maximum absolute atomic E-state index is 9.39. The van der Waals surface area contributed by atoms with E-state index in [1.54, 1.807) is 23.4 Å². The molecule has 3 nitrogen and oxygen atoms in total. The molecule has 1 aromatic carbocycles. The topological polar surface area (TPSA) is 35.8 Å². The predicted molar refractivity (Wildman–Crippen MR) is 54.0 cm³/mol. The second-order valence-electron chi connectivity index (χ2n) is 2.78. The van der Waals surface area contributed by atoms with Gasteiger partial charge in [0.1, 0.15) is 5.75 Å². The molecule has 0 spiro atoms. The molecule has 0 amide bonds. The highest BCUT2D eigenvalue weighted by molar-refractivity contribution is 5.82. The minimum absolute atomic E-state index is 0.260. The molecule has 0 saturated carbocycles. The molecule has 0 aromatic heterocycles. The van der Waals surface area contributed by atoms with Crippen molar-refractivity contribution < 1.29 is 5.11 Å². The average molecular weight is 178 g/mol. The SMILES string of the molecule is CCN(C)/N=C/c1ccccc1O. The first-order valence-corrected chi connectivity index (χ1v) is 4.27. The zero-order chi connectivity index (χ0) is 9.68. The van der Waals surface area contributed by atoms with Gasteiger partial charge in [-0.25, -0.2) is 0 Å². The van der Waals surface area contributed by atoms with Crippen molar-refractivity contribution in [1.29, 1.82) is 0 Å². The Labute approximate surface area is 78.3 Å². The summed E-state index contributed by atoms with van der Waals surface area (Å²) in [6, 6.07) is 7.12. The van der Waals surface area contributed by atoms with Crippen LogP contribution < -0.4 is 0 Å². The molecule has 13 heavy (non-hydrogen) atoms. The first-order valence-electron chi connectivity index (χ1n) is 4.27. The number of phenols is 1. The van der Waals surface area contributed by atoms with Crippen molar-refractivity contribution in [1.82, 2.24) is 5.01 Å². The van der Waals surface area contributed by atoms with Gasteiger partial charge >= 0.3 is 0 Å². The van der Waals surface area contributed by atoms with E-state index in [-0.39, 0.29) is 5.75 Å². The molecule has 0 saturated heterocycles. The number of rotatable bonds is 3. The van der Waals surface area contributed by atoms with E-state index in [4.69, 9.17) is 0 Å². The lowest BCUT2D eigenvalue weighted by Gasteiger charge is -2.07. The van der Waals surface area contributed by atoms with Crippen LogP contribution in [0.4, 0.5) is 0 Å². The van der Waals surface area contributed by atoms with Crippen molar-refractivity contribution in [2.75, 3.05) is 13.6 Å². The van der Waals surface area contributed by atoms with E-state index in [1.807, 2.05) is 26.1 Å². The highest BCUT2D eigenvalue weighted by Gasteiger charge is 1.94. The summed E-state index contributed by atoms with van der Waals surface area (Å²) in [5.74, 6) is 0.260. The Balaban J connectivity index is 2.74. The standard InChI is InChI=1S/C10H14N2O/c1-3-12(2)11-8-9-6-4-5-7-10(9)13/h4-8,13H,3H2,1-2H3/b11-8+. The number of hydrazone groups is 1. The van der Waals surface area contributed by atoms with Crippen molar-refractivity contribution >= 4 is 6.21 Å². The first-order chi connectivity index (χ1) is 6.24. The van der Waals surface area contributed by atoms with Crippen LogP contribution in [0.1, 0.15) is 12.5 Å². The van der Waals surface area contributed by atoms with Crippen LogP contribution in [0.25, 0.3) is 0 Å². The van der Waals surface area contributed by atoms with Gasteiger partial charge in [-0.15, -0.1) is 0 Å². The fourth-order valence-corrected chi connectivity index (χ4v) is 0.839. The minimum atomic E-state index is 0.260. The van der Waals surface area contributed by atoms with E-state index in [2.05, 4.69) is 5.10 Å². The molecule has 0 aliphatic carbocycles. The summed E-state index contributed by atoms with van der Waals surface area (Å²) in [6.07, 6.45) is 1.65. The van der Waals surface area contributed by atoms with Gasteiger partial charge in [0.25, 0.3) is 0 Å². The molecule has 0 bridgehead atoms. The van der Waals surface area contributed by atoms with Crippen molar-refractivity contribution in [3.05, 3.63) is 29.8 Å². The van der Waals surface area contributed by atoms with Gasteiger partial charge in [0.15, 0.2) is 0 Å². The van der Waals surface area contributed by atoms with Crippen LogP contribution in [0.15, 0.2) is 29.4 Å². The number of benzene rings is 1. The monoisotopic (exact) mass is 178 g/mol. The van der Waals surface area contributed by atoms with Crippen LogP contribution in [-0.4, -0.2) is 29.9 Å². The first kappa shape index (κ1) is 9.58. The summed E-state index contributed by atoms with van der Waals surface area (Å²) in [4.78, 5) is 0. The Hall–Kier alpha value is -1.51. The smallest absolute Gasteiger partial charge is 0.124 e. The fraction of sp³-hybridized carbons (Fsp3) is 0.300. The van der Waals surface area contributed by atoms with Crippen LogP contribution in [0.2, 0.25) is 0 Å². The number of nitrogens with zero attached hydrogens (tertiary/aromatic N) is 2. The Kier molecular flexibility index (Phi) is 3.31. The third kappa shape index (κ3) is 2.78. The van der Waals surface area contributed by atoms with Crippen LogP contribution >= 0.6 is 0 Å². The van der Waals surface area contributed by atoms with Crippen molar-refractivity contribution in [3.8, 4) is 5.75 Å². The van der Waals surface area contributed by atoms with Crippen LogP contribution in [-0.2, 0) is 0 Å². The lowest BCUT2D eigenvalue weighted by molar-refractivity contribution is 0.377. The number of hydrogen-bond donors (Lipinski definition) is 1. The Morgan fingerprint density at radius 3 is 2.77 bits per heavy atom. The van der Waals surface area contributed by atoms with Crippen molar-refractivity contribution in [3.63, 3.8) is 0 Å². The number of para-hydroxylation sites is 1. The second-order valence-corrected chi connectivity index (χ2v) is 2.78. The molecule has 0 radical (unpaired) electrons. The van der Waals surface area contributed by atoms with Gasteiger partial charge in [0.2, 0.25) is 0 Å². The molecule has 3 heteroatoms. The molecule has 0 atom stereocenters. The number of aromatic hydroxyl groups is 1. The molecule has 0 aliphatic heterocycles. The molecular weight excluding hydrogens is 164 g/mol. The van der Waals surface area contributed by atoms with E-state index >= 15 is 0 Å². The van der Waals surface area contributed by atoms with E-state index in [0.717, 1.165) is 12.1 Å². The van der Waals surface area contributed by atoms with Gasteiger partial charge in [0.05, 0.1) is 6.21 Å². The Morgan fingerprint density at radius 2 is 2.15 bits per heavy atom. The zero-order valence-electron chi connectivity index (χ0n) is 7.94. The molecule has 0 aliphatic rings. The summed E-state index contributed by atoms with van der Waals surface area (Å²) >= 11 is 0. The molecule has 70 valence electrons. The second kappa shape index (κ2) is 4.50. The van der Waals surface area contributed by atoms with Gasteiger partial charge in [-0.2, -0.15) is 5.10 Å². The maximum Gasteiger partial charge on any atom is 0.124 e. The van der Waals surface area contributed by atoms with Gasteiger partial charge in [-0.05, 0) is 19.1 Å². The molecule has 1 rings (SSSR count). The van der Waals surface area contributed by atoms with E-state index in [9.17, 15) is 5.11 Å². The van der Waals surface area contributed by atoms with E-state index in [1.165, 1.54) is 0 Å². The molecule has 0 heterocycles. The van der Waals surface area contributed by atoms with Crippen LogP contribution in [0.3, 0.4) is 0 Å². The maximum atomic E-state index is 9.39. The Morgan fingerprint density at radius 1 is 1.46 bits per heavy atom. The van der Waals surface area contributed by atoms with Gasteiger partial charge in [-0.1, -0.05) is 12.1 Å². The summed E-state index contributed by atoms with van der Waals surface area (Å²) in [5.41, 5.74) is 0.739. The lowest BCUT2D eigenvalue weighted by atomic mass is 10.2. The third-order valence-corrected chi connectivity index (χ3v) is 1.79. The van der Waals surface area contributed by atoms with Crippen molar-refractivity contribution in [2.45, 2.75) is 6.92 Å². The van der Waals surface area contributed by atoms with Gasteiger partial charge in [-0.3, -0.25) is 0 Å². The summed E-state index contributed by atoms with van der Waals surface area (Å²) in [6.45, 7) is 2.87. The van der Waals surface area contributed by atoms with Gasteiger partial charge < -0.3 is 10.1 Å². The Bertz CT molecular complexity index is 297. The largest absolute Gasteiger partial charge is 0.507 e. The summed E-state index contributed by atoms with van der Waals surface area (Å²) < 4.78 is 0. The van der Waals surface area contributed by atoms with Crippen LogP contribution in [0.5, 0.6) is 5.75 Å². The predicted octanol–water partition coefficient (Wildman–Crippen LogP) is 1.68. The fourth-order valence-electron chi connectivity index (χ4n) is 0.839. The molecular formula is C10H14N2O. The van der Waals surface area contributed by atoms with Crippen LogP contribution in [0, 0.1) is 0 Å². The minimum Gasteiger partial charge on any atom is -0.507 e. The molecule has 0 fully saturated rings. The normalized spacial score (nSPS) is 10.6. The zero-order valence-corrected chi connectivity index (χ0v) is 7.94. The van der Waals surface area contributed by atoms with Gasteiger partial charge in [0, 0.05) is 19.2 Å². The number of phenolic OH excluding ortho intramolecular Hbond substituents is 1. The molecule has 1 aromatic rings. The quantitative estimate of drug-likeness (QED) is 0.564. The summed E-state index contributed by atoms with van der Waals surface area (Å²) in [7, 11) is 1.89. The summed E-state index contributed by atoms with van der Waals surface area (Å²) in [5, 5.41) is 15.3. The lowest BCUT2D eigenvalue weighted by Crippen LogP contribution is -2.09. The average Bonchev–Trinajstić information content (AvgIpc) is 2.16. The highest BCUT2D eigenvalue weighted by atomic mass is 16.3. The highest BCUT2D eigenvalue weighted by Crippen LogP contribution is 2.12. The molecule has 0 unspecified atom stereocenters. The third-order valence-electron chi connectivity index (χ3n) is 1.79. The number of hydrogen-bond acceptors (Lipinski definition) is 3. The molecule has 1 N–H and O–H groups in total. The van der Waals surface area contributed by atoms with E-state index in [0.29, 0.717) is 0 Å². The van der Waals surface area contributed by atoms with E-state index < -0.39 is 0 Å². The van der Waals surface area contributed by atoms with Crippen molar-refractivity contribution in [2.24, 2.45) is 5.10 Å².